The van der Waals surface area contributed by atoms with Crippen LogP contribution in [0.5, 0.6) is 0 Å². The number of amides is 1. The first-order valence-electron chi connectivity index (χ1n) is 8.13. The zero-order chi connectivity index (χ0) is 17.4. The smallest absolute Gasteiger partial charge is 0.408 e. The molecule has 1 saturated heterocycles. The molecule has 4 rings (SSSR count). The monoisotopic (exact) mass is 357 g/mol. The van der Waals surface area contributed by atoms with Gasteiger partial charge in [-0.05, 0) is 43.2 Å². The third-order valence-corrected chi connectivity index (χ3v) is 4.79. The van der Waals surface area contributed by atoms with Gasteiger partial charge >= 0.3 is 5.76 Å². The number of benzene rings is 1. The van der Waals surface area contributed by atoms with Gasteiger partial charge in [0.1, 0.15) is 0 Å². The Bertz CT molecular complexity index is 980. The highest BCUT2D eigenvalue weighted by Gasteiger charge is 2.28. The lowest BCUT2D eigenvalue weighted by molar-refractivity contribution is 0.0677. The highest BCUT2D eigenvalue weighted by atomic mass is 35.5. The van der Waals surface area contributed by atoms with Gasteiger partial charge in [0, 0.05) is 36.1 Å². The minimum absolute atomic E-state index is 0.0500. The Labute approximate surface area is 148 Å². The fourth-order valence-electron chi connectivity index (χ4n) is 3.38. The second kappa shape index (κ2) is 6.37. The molecule has 2 aromatic heterocycles. The van der Waals surface area contributed by atoms with Crippen molar-refractivity contribution in [2.45, 2.75) is 18.9 Å². The van der Waals surface area contributed by atoms with E-state index in [-0.39, 0.29) is 11.9 Å². The van der Waals surface area contributed by atoms with E-state index in [1.165, 1.54) is 0 Å². The summed E-state index contributed by atoms with van der Waals surface area (Å²) in [5.41, 5.74) is 1.77. The molecule has 0 unspecified atom stereocenters. The SMILES string of the molecule is O=C(c1ccncc1)N1CCC[C@H](n2c(=O)oc3ccc(Cl)cc32)C1. The van der Waals surface area contributed by atoms with Crippen molar-refractivity contribution in [1.29, 1.82) is 0 Å². The number of nitrogens with zero attached hydrogens (tertiary/aromatic N) is 3. The molecule has 1 aliphatic rings. The number of aromatic nitrogens is 2. The van der Waals surface area contributed by atoms with Crippen LogP contribution in [0.3, 0.4) is 0 Å². The number of halogens is 1. The summed E-state index contributed by atoms with van der Waals surface area (Å²) in [7, 11) is 0. The van der Waals surface area contributed by atoms with Gasteiger partial charge in [-0.2, -0.15) is 0 Å². The van der Waals surface area contributed by atoms with E-state index in [0.717, 1.165) is 12.8 Å². The molecular weight excluding hydrogens is 342 g/mol. The standard InChI is InChI=1S/C18H16ClN3O3/c19-13-3-4-16-15(10-13)22(18(24)25-16)14-2-1-9-21(11-14)17(23)12-5-7-20-8-6-12/h3-8,10,14H,1-2,9,11H2/t14-/m0/s1. The van der Waals surface area contributed by atoms with Gasteiger partial charge in [-0.3, -0.25) is 14.3 Å². The largest absolute Gasteiger partial charge is 0.420 e. The second-order valence-corrected chi connectivity index (χ2v) is 6.57. The molecule has 1 amide bonds. The van der Waals surface area contributed by atoms with Crippen molar-refractivity contribution < 1.29 is 9.21 Å². The first kappa shape index (κ1) is 15.9. The number of hydrogen-bond donors (Lipinski definition) is 0. The number of rotatable bonds is 2. The van der Waals surface area contributed by atoms with Crippen LogP contribution >= 0.6 is 11.6 Å². The van der Waals surface area contributed by atoms with Crippen molar-refractivity contribution in [3.05, 3.63) is 63.9 Å². The highest BCUT2D eigenvalue weighted by molar-refractivity contribution is 6.31. The van der Waals surface area contributed by atoms with E-state index in [1.807, 2.05) is 0 Å². The number of piperidine rings is 1. The minimum atomic E-state index is -0.416. The van der Waals surface area contributed by atoms with Crippen LogP contribution in [-0.2, 0) is 0 Å². The second-order valence-electron chi connectivity index (χ2n) is 6.13. The summed E-state index contributed by atoms with van der Waals surface area (Å²) in [6.45, 7) is 1.13. The summed E-state index contributed by atoms with van der Waals surface area (Å²) < 4.78 is 6.94. The van der Waals surface area contributed by atoms with Gasteiger partial charge in [0.15, 0.2) is 5.58 Å². The molecule has 25 heavy (non-hydrogen) atoms. The van der Waals surface area contributed by atoms with Gasteiger partial charge in [-0.15, -0.1) is 0 Å². The topological polar surface area (TPSA) is 68.3 Å². The maximum absolute atomic E-state index is 12.7. The van der Waals surface area contributed by atoms with E-state index in [4.69, 9.17) is 16.0 Å². The summed E-state index contributed by atoms with van der Waals surface area (Å²) in [6, 6.07) is 8.38. The first-order valence-corrected chi connectivity index (χ1v) is 8.51. The van der Waals surface area contributed by atoms with Crippen molar-refractivity contribution in [1.82, 2.24) is 14.5 Å². The fraction of sp³-hybridized carbons (Fsp3) is 0.278. The van der Waals surface area contributed by atoms with Crippen molar-refractivity contribution in [2.24, 2.45) is 0 Å². The van der Waals surface area contributed by atoms with Crippen LogP contribution in [-0.4, -0.2) is 33.4 Å². The van der Waals surface area contributed by atoms with E-state index in [0.29, 0.717) is 34.8 Å². The Balaban J connectivity index is 1.66. The molecule has 0 aliphatic carbocycles. The van der Waals surface area contributed by atoms with Gasteiger partial charge in [-0.25, -0.2) is 4.79 Å². The van der Waals surface area contributed by atoms with Gasteiger partial charge < -0.3 is 9.32 Å². The number of carbonyl (C=O) groups excluding carboxylic acids is 1. The zero-order valence-electron chi connectivity index (χ0n) is 13.4. The fourth-order valence-corrected chi connectivity index (χ4v) is 3.55. The van der Waals surface area contributed by atoms with Crippen LogP contribution in [0.4, 0.5) is 0 Å². The number of likely N-dealkylation sites (tertiary alicyclic amines) is 1. The maximum atomic E-state index is 12.7. The van der Waals surface area contributed by atoms with E-state index in [9.17, 15) is 9.59 Å². The lowest BCUT2D eigenvalue weighted by Crippen LogP contribution is -2.42. The Hall–Kier alpha value is -2.60. The summed E-state index contributed by atoms with van der Waals surface area (Å²) in [4.78, 5) is 30.7. The summed E-state index contributed by atoms with van der Waals surface area (Å²) in [5, 5.41) is 0.544. The molecular formula is C18H16ClN3O3. The Morgan fingerprint density at radius 3 is 2.84 bits per heavy atom. The highest BCUT2D eigenvalue weighted by Crippen LogP contribution is 2.27. The molecule has 0 bridgehead atoms. The molecule has 0 saturated carbocycles. The molecule has 1 atom stereocenters. The van der Waals surface area contributed by atoms with Crippen LogP contribution in [0.1, 0.15) is 29.2 Å². The molecule has 0 spiro atoms. The lowest BCUT2D eigenvalue weighted by Gasteiger charge is -2.33. The molecule has 0 N–H and O–H groups in total. The van der Waals surface area contributed by atoms with E-state index < -0.39 is 5.76 Å². The van der Waals surface area contributed by atoms with Crippen LogP contribution in [0.15, 0.2) is 51.9 Å². The van der Waals surface area contributed by atoms with Gasteiger partial charge in [0.2, 0.25) is 0 Å². The first-order chi connectivity index (χ1) is 12.1. The molecule has 128 valence electrons. The average Bonchev–Trinajstić information content (AvgIpc) is 2.97. The van der Waals surface area contributed by atoms with Crippen molar-refractivity contribution in [3.63, 3.8) is 0 Å². The normalized spacial score (nSPS) is 17.8. The van der Waals surface area contributed by atoms with Gasteiger partial charge in [0.05, 0.1) is 11.6 Å². The van der Waals surface area contributed by atoms with E-state index in [1.54, 1.807) is 52.2 Å². The lowest BCUT2D eigenvalue weighted by atomic mass is 10.0. The third kappa shape index (κ3) is 2.93. The molecule has 1 aromatic carbocycles. The summed E-state index contributed by atoms with van der Waals surface area (Å²) in [6.07, 6.45) is 4.83. The van der Waals surface area contributed by atoms with Gasteiger partial charge in [0.25, 0.3) is 5.91 Å². The van der Waals surface area contributed by atoms with E-state index >= 15 is 0 Å². The third-order valence-electron chi connectivity index (χ3n) is 4.55. The maximum Gasteiger partial charge on any atom is 0.420 e. The molecule has 3 aromatic rings. The van der Waals surface area contributed by atoms with E-state index in [2.05, 4.69) is 4.98 Å². The number of pyridine rings is 1. The predicted octanol–water partition coefficient (Wildman–Crippen LogP) is 3.12. The summed E-state index contributed by atoms with van der Waals surface area (Å²) >= 11 is 6.07. The van der Waals surface area contributed by atoms with Crippen LogP contribution in [0.25, 0.3) is 11.1 Å². The quantitative estimate of drug-likeness (QED) is 0.706. The van der Waals surface area contributed by atoms with Crippen LogP contribution < -0.4 is 5.76 Å². The van der Waals surface area contributed by atoms with Crippen LogP contribution in [0.2, 0.25) is 5.02 Å². The Morgan fingerprint density at radius 2 is 2.04 bits per heavy atom. The van der Waals surface area contributed by atoms with Gasteiger partial charge in [-0.1, -0.05) is 11.6 Å². The number of carbonyl (C=O) groups is 1. The molecule has 6 nitrogen and oxygen atoms in total. The average molecular weight is 358 g/mol. The Kier molecular flexibility index (Phi) is 4.05. The Morgan fingerprint density at radius 1 is 1.24 bits per heavy atom. The number of fused-ring (bicyclic) bond motifs is 1. The van der Waals surface area contributed by atoms with Crippen LogP contribution in [0, 0.1) is 0 Å². The number of hydrogen-bond acceptors (Lipinski definition) is 4. The van der Waals surface area contributed by atoms with Crippen molar-refractivity contribution >= 4 is 28.6 Å². The molecule has 1 aliphatic heterocycles. The molecule has 1 fully saturated rings. The van der Waals surface area contributed by atoms with Crippen molar-refractivity contribution in [2.75, 3.05) is 13.1 Å². The zero-order valence-corrected chi connectivity index (χ0v) is 14.1. The molecule has 7 heteroatoms. The van der Waals surface area contributed by atoms with Crippen molar-refractivity contribution in [3.8, 4) is 0 Å². The minimum Gasteiger partial charge on any atom is -0.408 e. The number of oxazole rings is 1. The summed E-state index contributed by atoms with van der Waals surface area (Å²) in [5.74, 6) is -0.466. The molecule has 0 radical (unpaired) electrons. The predicted molar refractivity (Wildman–Crippen MR) is 93.9 cm³/mol. The molecule has 3 heterocycles.